The number of hydrogen-bond donors (Lipinski definition) is 2. The van der Waals surface area contributed by atoms with Crippen molar-refractivity contribution in [1.29, 1.82) is 0 Å². The van der Waals surface area contributed by atoms with Crippen LogP contribution in [0, 0.1) is 5.92 Å². The highest BCUT2D eigenvalue weighted by molar-refractivity contribution is 5.89. The van der Waals surface area contributed by atoms with Gasteiger partial charge in [0.1, 0.15) is 0 Å². The zero-order valence-electron chi connectivity index (χ0n) is 16.1. The number of likely N-dealkylation sites (tertiary alicyclic amines) is 1. The van der Waals surface area contributed by atoms with Crippen LogP contribution in [0.2, 0.25) is 0 Å². The number of urea groups is 1. The van der Waals surface area contributed by atoms with E-state index in [0.29, 0.717) is 19.7 Å². The van der Waals surface area contributed by atoms with E-state index in [9.17, 15) is 9.59 Å². The van der Waals surface area contributed by atoms with Crippen molar-refractivity contribution in [3.63, 3.8) is 0 Å². The number of hydrogen-bond acceptors (Lipinski definition) is 3. The van der Waals surface area contributed by atoms with E-state index in [1.807, 2.05) is 29.2 Å². The molecule has 0 saturated carbocycles. The lowest BCUT2D eigenvalue weighted by atomic mass is 9.98. The molecule has 1 saturated heterocycles. The van der Waals surface area contributed by atoms with Gasteiger partial charge in [-0.15, -0.1) is 0 Å². The highest BCUT2D eigenvalue weighted by Gasteiger charge is 2.27. The molecule has 1 heterocycles. The van der Waals surface area contributed by atoms with Gasteiger partial charge in [0.25, 0.3) is 0 Å². The normalized spacial score (nSPS) is 15.2. The van der Waals surface area contributed by atoms with E-state index in [0.717, 1.165) is 36.9 Å². The van der Waals surface area contributed by atoms with Crippen molar-refractivity contribution in [1.82, 2.24) is 10.2 Å². The smallest absolute Gasteiger partial charge is 0.319 e. The van der Waals surface area contributed by atoms with Gasteiger partial charge in [-0.05, 0) is 43.4 Å². The summed E-state index contributed by atoms with van der Waals surface area (Å²) in [6.45, 7) is 6.06. The summed E-state index contributed by atoms with van der Waals surface area (Å²) < 4.78 is 5.11. The number of ether oxygens (including phenoxy) is 1. The first-order valence-corrected chi connectivity index (χ1v) is 9.51. The topological polar surface area (TPSA) is 70.7 Å². The third kappa shape index (κ3) is 5.73. The average Bonchev–Trinajstić information content (AvgIpc) is 2.63. The van der Waals surface area contributed by atoms with Crippen molar-refractivity contribution in [2.45, 2.75) is 52.2 Å². The molecule has 1 fully saturated rings. The van der Waals surface area contributed by atoms with E-state index < -0.39 is 0 Å². The number of carbonyl (C=O) groups excluding carboxylic acids is 2. The Kier molecular flexibility index (Phi) is 7.91. The monoisotopic (exact) mass is 361 g/mol. The molecule has 0 aromatic heterocycles. The summed E-state index contributed by atoms with van der Waals surface area (Å²) in [4.78, 5) is 26.6. The molecule has 3 amide bonds. The zero-order valence-corrected chi connectivity index (χ0v) is 16.1. The van der Waals surface area contributed by atoms with Gasteiger partial charge in [-0.2, -0.15) is 0 Å². The minimum Gasteiger partial charge on any atom is -0.380 e. The van der Waals surface area contributed by atoms with Gasteiger partial charge < -0.3 is 20.3 Å². The van der Waals surface area contributed by atoms with E-state index in [1.54, 1.807) is 7.11 Å². The number of anilines is 1. The van der Waals surface area contributed by atoms with Crippen LogP contribution in [0.4, 0.5) is 10.5 Å². The van der Waals surface area contributed by atoms with Crippen LogP contribution in [0.3, 0.4) is 0 Å². The Morgan fingerprint density at radius 2 is 1.92 bits per heavy atom. The minimum atomic E-state index is -0.204. The molecule has 26 heavy (non-hydrogen) atoms. The fourth-order valence-corrected chi connectivity index (χ4v) is 3.40. The number of rotatable bonds is 7. The van der Waals surface area contributed by atoms with Crippen LogP contribution >= 0.6 is 0 Å². The first-order chi connectivity index (χ1) is 12.6. The summed E-state index contributed by atoms with van der Waals surface area (Å²) >= 11 is 0. The summed E-state index contributed by atoms with van der Waals surface area (Å²) in [7, 11) is 1.65. The molecule has 1 aliphatic heterocycles. The molecule has 144 valence electrons. The lowest BCUT2D eigenvalue weighted by Gasteiger charge is -2.34. The molecule has 6 heteroatoms. The molecule has 0 spiro atoms. The fraction of sp³-hybridized carbons (Fsp3) is 0.600. The van der Waals surface area contributed by atoms with E-state index in [-0.39, 0.29) is 23.9 Å². The van der Waals surface area contributed by atoms with Crippen molar-refractivity contribution < 1.29 is 14.3 Å². The molecule has 2 rings (SSSR count). The van der Waals surface area contributed by atoms with Crippen LogP contribution in [0.15, 0.2) is 24.3 Å². The standard InChI is InChI=1S/C20H31N3O3/c1-4-16(5-2)19(24)23-11-9-17(10-12-23)21-20(25)22-18-8-6-7-15(13-18)14-26-3/h6-8,13,16-17H,4-5,9-12,14H2,1-3H3,(H2,21,22,25). The molecular formula is C20H31N3O3. The summed E-state index contributed by atoms with van der Waals surface area (Å²) in [6.07, 6.45) is 3.36. The Morgan fingerprint density at radius 1 is 1.23 bits per heavy atom. The SMILES string of the molecule is CCC(CC)C(=O)N1CCC(NC(=O)Nc2cccc(COC)c2)CC1. The van der Waals surface area contributed by atoms with Gasteiger partial charge in [0, 0.05) is 37.8 Å². The summed E-state index contributed by atoms with van der Waals surface area (Å²) in [5.41, 5.74) is 1.76. The molecule has 1 aliphatic rings. The minimum absolute atomic E-state index is 0.0999. The Hall–Kier alpha value is -2.08. The van der Waals surface area contributed by atoms with Crippen LogP contribution in [0.5, 0.6) is 0 Å². The molecule has 2 N–H and O–H groups in total. The molecule has 1 aromatic rings. The summed E-state index contributed by atoms with van der Waals surface area (Å²) in [6, 6.07) is 7.51. The number of nitrogens with one attached hydrogen (secondary N) is 2. The summed E-state index contributed by atoms with van der Waals surface area (Å²) in [5.74, 6) is 0.384. The highest BCUT2D eigenvalue weighted by Crippen LogP contribution is 2.18. The molecule has 0 unspecified atom stereocenters. The predicted molar refractivity (Wildman–Crippen MR) is 103 cm³/mol. The predicted octanol–water partition coefficient (Wildman–Crippen LogP) is 3.38. The second kappa shape index (κ2) is 10.2. The third-order valence-corrected chi connectivity index (χ3v) is 4.97. The van der Waals surface area contributed by atoms with Crippen molar-refractivity contribution in [2.75, 3.05) is 25.5 Å². The Balaban J connectivity index is 1.79. The lowest BCUT2D eigenvalue weighted by Crippen LogP contribution is -2.48. The van der Waals surface area contributed by atoms with E-state index >= 15 is 0 Å². The largest absolute Gasteiger partial charge is 0.380 e. The molecular weight excluding hydrogens is 330 g/mol. The number of benzene rings is 1. The third-order valence-electron chi connectivity index (χ3n) is 4.97. The number of nitrogens with zero attached hydrogens (tertiary/aromatic N) is 1. The van der Waals surface area contributed by atoms with Crippen molar-refractivity contribution >= 4 is 17.6 Å². The van der Waals surface area contributed by atoms with Crippen LogP contribution in [-0.4, -0.2) is 43.1 Å². The van der Waals surface area contributed by atoms with Gasteiger partial charge in [0.15, 0.2) is 0 Å². The van der Waals surface area contributed by atoms with Gasteiger partial charge in [-0.3, -0.25) is 4.79 Å². The molecule has 0 atom stereocenters. The fourth-order valence-electron chi connectivity index (χ4n) is 3.40. The Morgan fingerprint density at radius 3 is 2.54 bits per heavy atom. The second-order valence-electron chi connectivity index (χ2n) is 6.84. The number of methoxy groups -OCH3 is 1. The molecule has 0 aliphatic carbocycles. The maximum atomic E-state index is 12.4. The second-order valence-corrected chi connectivity index (χ2v) is 6.84. The van der Waals surface area contributed by atoms with Gasteiger partial charge in [-0.25, -0.2) is 4.79 Å². The van der Waals surface area contributed by atoms with Crippen LogP contribution < -0.4 is 10.6 Å². The van der Waals surface area contributed by atoms with Crippen molar-refractivity contribution in [3.8, 4) is 0 Å². The van der Waals surface area contributed by atoms with Gasteiger partial charge in [0.2, 0.25) is 5.91 Å². The Bertz CT molecular complexity index is 594. The Labute approximate surface area is 156 Å². The maximum Gasteiger partial charge on any atom is 0.319 e. The molecule has 1 aromatic carbocycles. The van der Waals surface area contributed by atoms with Crippen molar-refractivity contribution in [2.24, 2.45) is 5.92 Å². The van der Waals surface area contributed by atoms with E-state index in [1.165, 1.54) is 0 Å². The zero-order chi connectivity index (χ0) is 18.9. The number of amides is 3. The van der Waals surface area contributed by atoms with Crippen molar-refractivity contribution in [3.05, 3.63) is 29.8 Å². The highest BCUT2D eigenvalue weighted by atomic mass is 16.5. The van der Waals surface area contributed by atoms with Gasteiger partial charge in [-0.1, -0.05) is 26.0 Å². The number of carbonyl (C=O) groups is 2. The van der Waals surface area contributed by atoms with E-state index in [2.05, 4.69) is 24.5 Å². The lowest BCUT2D eigenvalue weighted by molar-refractivity contribution is -0.136. The van der Waals surface area contributed by atoms with Crippen LogP contribution in [-0.2, 0) is 16.1 Å². The number of piperidine rings is 1. The molecule has 0 bridgehead atoms. The van der Waals surface area contributed by atoms with E-state index in [4.69, 9.17) is 4.74 Å². The van der Waals surface area contributed by atoms with Crippen LogP contribution in [0.1, 0.15) is 45.1 Å². The molecule has 0 radical (unpaired) electrons. The van der Waals surface area contributed by atoms with Crippen LogP contribution in [0.25, 0.3) is 0 Å². The summed E-state index contributed by atoms with van der Waals surface area (Å²) in [5, 5.41) is 5.89. The first kappa shape index (κ1) is 20.2. The average molecular weight is 361 g/mol. The van der Waals surface area contributed by atoms with Gasteiger partial charge in [0.05, 0.1) is 6.61 Å². The van der Waals surface area contributed by atoms with Gasteiger partial charge >= 0.3 is 6.03 Å². The first-order valence-electron chi connectivity index (χ1n) is 9.51. The maximum absolute atomic E-state index is 12.4. The quantitative estimate of drug-likeness (QED) is 0.782. The molecule has 6 nitrogen and oxygen atoms in total.